The van der Waals surface area contributed by atoms with Gasteiger partial charge in [-0.2, -0.15) is 5.10 Å². The van der Waals surface area contributed by atoms with E-state index in [-0.39, 0.29) is 23.9 Å². The number of nitrogens with zero attached hydrogens (tertiary/aromatic N) is 2. The summed E-state index contributed by atoms with van der Waals surface area (Å²) in [5.41, 5.74) is -0.0649. The van der Waals surface area contributed by atoms with Crippen LogP contribution in [0.1, 0.15) is 50.9 Å². The van der Waals surface area contributed by atoms with Crippen molar-refractivity contribution in [3.63, 3.8) is 0 Å². The summed E-state index contributed by atoms with van der Waals surface area (Å²) in [5.74, 6) is 0.782. The zero-order valence-electron chi connectivity index (χ0n) is 14.0. The highest BCUT2D eigenvalue weighted by molar-refractivity contribution is 7.71. The van der Waals surface area contributed by atoms with Crippen molar-refractivity contribution in [2.75, 3.05) is 0 Å². The number of aromatic nitrogens is 3. The number of rotatable bonds is 6. The summed E-state index contributed by atoms with van der Waals surface area (Å²) in [6.45, 7) is 8.66. The second-order valence-electron chi connectivity index (χ2n) is 6.66. The number of aromatic amines is 1. The molecule has 1 atom stereocenters. The first-order valence-corrected chi connectivity index (χ1v) is 9.08. The van der Waals surface area contributed by atoms with Gasteiger partial charge in [0.15, 0.2) is 4.77 Å². The van der Waals surface area contributed by atoms with Crippen LogP contribution in [0.4, 0.5) is 0 Å². The third kappa shape index (κ3) is 4.51. The molecular formula is C16H24N4OS2. The fraction of sp³-hybridized carbons (Fsp3) is 0.562. The van der Waals surface area contributed by atoms with Gasteiger partial charge in [0, 0.05) is 11.3 Å². The number of amides is 1. The van der Waals surface area contributed by atoms with E-state index in [1.54, 1.807) is 15.9 Å². The molecular weight excluding hydrogens is 328 g/mol. The first-order valence-electron chi connectivity index (χ1n) is 7.79. The molecule has 0 aliphatic heterocycles. The molecule has 126 valence electrons. The standard InChI is InChI=1S/C16H24N4OS2/c1-5-7-12-18-19-15(22)20(12)10-13(21)17-14(16(2,3)4)11-8-6-9-23-11/h6,8-9,14H,5,7,10H2,1-4H3,(H,17,21)(H,19,22). The average Bonchev–Trinajstić information content (AvgIpc) is 3.09. The van der Waals surface area contributed by atoms with Gasteiger partial charge >= 0.3 is 0 Å². The van der Waals surface area contributed by atoms with Crippen LogP contribution in [0.3, 0.4) is 0 Å². The fourth-order valence-electron chi connectivity index (χ4n) is 2.45. The maximum Gasteiger partial charge on any atom is 0.240 e. The number of H-pyrrole nitrogens is 1. The van der Waals surface area contributed by atoms with Gasteiger partial charge in [-0.1, -0.05) is 33.8 Å². The summed E-state index contributed by atoms with van der Waals surface area (Å²) in [4.78, 5) is 13.7. The van der Waals surface area contributed by atoms with Crippen molar-refractivity contribution in [2.45, 2.75) is 53.1 Å². The molecule has 5 nitrogen and oxygen atoms in total. The van der Waals surface area contributed by atoms with Crippen molar-refractivity contribution in [3.05, 3.63) is 33.0 Å². The average molecular weight is 353 g/mol. The lowest BCUT2D eigenvalue weighted by Gasteiger charge is -2.30. The van der Waals surface area contributed by atoms with Crippen molar-refractivity contribution in [3.8, 4) is 0 Å². The Morgan fingerprint density at radius 2 is 2.26 bits per heavy atom. The van der Waals surface area contributed by atoms with E-state index < -0.39 is 0 Å². The molecule has 7 heteroatoms. The van der Waals surface area contributed by atoms with E-state index in [4.69, 9.17) is 12.2 Å². The van der Waals surface area contributed by atoms with Crippen LogP contribution < -0.4 is 5.32 Å². The number of aryl methyl sites for hydroxylation is 1. The topological polar surface area (TPSA) is 62.7 Å². The molecule has 0 saturated carbocycles. The molecule has 2 aromatic heterocycles. The molecule has 0 spiro atoms. The van der Waals surface area contributed by atoms with E-state index >= 15 is 0 Å². The predicted molar refractivity (Wildman–Crippen MR) is 96.1 cm³/mol. The molecule has 1 amide bonds. The lowest BCUT2D eigenvalue weighted by Crippen LogP contribution is -2.38. The second kappa shape index (κ2) is 7.40. The molecule has 0 aliphatic carbocycles. The molecule has 1 unspecified atom stereocenters. The van der Waals surface area contributed by atoms with Gasteiger partial charge in [-0.05, 0) is 35.5 Å². The van der Waals surface area contributed by atoms with E-state index in [1.165, 1.54) is 0 Å². The van der Waals surface area contributed by atoms with Crippen molar-refractivity contribution in [2.24, 2.45) is 5.41 Å². The number of hydrogen-bond donors (Lipinski definition) is 2. The van der Waals surface area contributed by atoms with Crippen LogP contribution in [0.25, 0.3) is 0 Å². The van der Waals surface area contributed by atoms with Crippen LogP contribution in [0.5, 0.6) is 0 Å². The molecule has 0 fully saturated rings. The first-order chi connectivity index (χ1) is 10.8. The summed E-state index contributed by atoms with van der Waals surface area (Å²) in [6, 6.07) is 4.05. The monoisotopic (exact) mass is 352 g/mol. The van der Waals surface area contributed by atoms with Crippen LogP contribution in [0.2, 0.25) is 0 Å². The Morgan fingerprint density at radius 1 is 1.52 bits per heavy atom. The Balaban J connectivity index is 2.15. The molecule has 0 bridgehead atoms. The normalized spacial score (nSPS) is 13.0. The van der Waals surface area contributed by atoms with Gasteiger partial charge in [0.1, 0.15) is 12.4 Å². The molecule has 23 heavy (non-hydrogen) atoms. The summed E-state index contributed by atoms with van der Waals surface area (Å²) in [7, 11) is 0. The lowest BCUT2D eigenvalue weighted by molar-refractivity contribution is -0.123. The minimum absolute atomic E-state index is 0.0225. The smallest absolute Gasteiger partial charge is 0.240 e. The largest absolute Gasteiger partial charge is 0.346 e. The van der Waals surface area contributed by atoms with Crippen LogP contribution in [0.15, 0.2) is 17.5 Å². The van der Waals surface area contributed by atoms with Crippen LogP contribution in [-0.2, 0) is 17.8 Å². The molecule has 0 radical (unpaired) electrons. The summed E-state index contributed by atoms with van der Waals surface area (Å²) < 4.78 is 2.27. The zero-order valence-corrected chi connectivity index (χ0v) is 15.7. The van der Waals surface area contributed by atoms with Crippen LogP contribution in [-0.4, -0.2) is 20.7 Å². The van der Waals surface area contributed by atoms with Crippen LogP contribution >= 0.6 is 23.6 Å². The highest BCUT2D eigenvalue weighted by Crippen LogP contribution is 2.35. The second-order valence-corrected chi connectivity index (χ2v) is 8.03. The summed E-state index contributed by atoms with van der Waals surface area (Å²) >= 11 is 6.90. The Labute approximate surface area is 146 Å². The SMILES string of the molecule is CCCc1n[nH]c(=S)n1CC(=O)NC(c1cccs1)C(C)(C)C. The highest BCUT2D eigenvalue weighted by Gasteiger charge is 2.28. The molecule has 2 heterocycles. The van der Waals surface area contributed by atoms with Gasteiger partial charge in [0.25, 0.3) is 0 Å². The quantitative estimate of drug-likeness (QED) is 0.776. The minimum atomic E-state index is -0.0649. The Hall–Kier alpha value is -1.47. The minimum Gasteiger partial charge on any atom is -0.346 e. The number of carbonyl (C=O) groups is 1. The number of carbonyl (C=O) groups excluding carboxylic acids is 1. The maximum atomic E-state index is 12.6. The molecule has 0 aliphatic rings. The predicted octanol–water partition coefficient (Wildman–Crippen LogP) is 3.86. The lowest BCUT2D eigenvalue weighted by atomic mass is 9.85. The van der Waals surface area contributed by atoms with Gasteiger partial charge in [-0.15, -0.1) is 11.3 Å². The van der Waals surface area contributed by atoms with Gasteiger partial charge < -0.3 is 5.32 Å². The Kier molecular flexibility index (Phi) is 5.75. The van der Waals surface area contributed by atoms with E-state index in [2.05, 4.69) is 49.3 Å². The number of hydrogen-bond acceptors (Lipinski definition) is 4. The Bertz CT molecular complexity index is 694. The first kappa shape index (κ1) is 17.9. The van der Waals surface area contributed by atoms with Gasteiger partial charge in [0.05, 0.1) is 6.04 Å². The van der Waals surface area contributed by atoms with Crippen molar-refractivity contribution < 1.29 is 4.79 Å². The van der Waals surface area contributed by atoms with E-state index in [1.807, 2.05) is 11.4 Å². The third-order valence-electron chi connectivity index (χ3n) is 3.61. The zero-order chi connectivity index (χ0) is 17.0. The van der Waals surface area contributed by atoms with Crippen molar-refractivity contribution in [1.29, 1.82) is 0 Å². The number of thiophene rings is 1. The number of nitrogens with one attached hydrogen (secondary N) is 2. The van der Waals surface area contributed by atoms with Gasteiger partial charge in [-0.3, -0.25) is 14.5 Å². The van der Waals surface area contributed by atoms with E-state index in [9.17, 15) is 4.79 Å². The van der Waals surface area contributed by atoms with Crippen LogP contribution in [0, 0.1) is 10.2 Å². The van der Waals surface area contributed by atoms with Crippen molar-refractivity contribution in [1.82, 2.24) is 20.1 Å². The van der Waals surface area contributed by atoms with E-state index in [0.29, 0.717) is 4.77 Å². The van der Waals surface area contributed by atoms with Crippen molar-refractivity contribution >= 4 is 29.5 Å². The molecule has 2 rings (SSSR count). The molecule has 0 aromatic carbocycles. The van der Waals surface area contributed by atoms with E-state index in [0.717, 1.165) is 23.5 Å². The fourth-order valence-corrected chi connectivity index (χ4v) is 3.68. The molecule has 2 aromatic rings. The summed E-state index contributed by atoms with van der Waals surface area (Å²) in [6.07, 6.45) is 1.76. The summed E-state index contributed by atoms with van der Waals surface area (Å²) in [5, 5.41) is 12.2. The third-order valence-corrected chi connectivity index (χ3v) is 4.86. The van der Waals surface area contributed by atoms with Gasteiger partial charge in [-0.25, -0.2) is 0 Å². The molecule has 2 N–H and O–H groups in total. The maximum absolute atomic E-state index is 12.6. The molecule has 0 saturated heterocycles. The Morgan fingerprint density at radius 3 is 2.83 bits per heavy atom. The van der Waals surface area contributed by atoms with Gasteiger partial charge in [0.2, 0.25) is 5.91 Å². The highest BCUT2D eigenvalue weighted by atomic mass is 32.1.